The lowest BCUT2D eigenvalue weighted by atomic mass is 10.3. The van der Waals surface area contributed by atoms with Gasteiger partial charge in [-0.05, 0) is 24.6 Å². The Hall–Kier alpha value is -1.45. The molecular weight excluding hydrogens is 283 g/mol. The first kappa shape index (κ1) is 14.0. The number of halogens is 2. The van der Waals surface area contributed by atoms with Gasteiger partial charge in [-0.15, -0.1) is 0 Å². The van der Waals surface area contributed by atoms with Gasteiger partial charge >= 0.3 is 0 Å². The Morgan fingerprint density at radius 1 is 1.05 bits per heavy atom. The quantitative estimate of drug-likeness (QED) is 0.843. The molecule has 0 spiro atoms. The van der Waals surface area contributed by atoms with Gasteiger partial charge < -0.3 is 10.1 Å². The maximum atomic E-state index is 5.92. The van der Waals surface area contributed by atoms with Gasteiger partial charge in [0.05, 0.1) is 18.1 Å². The number of aromatic nitrogens is 1. The van der Waals surface area contributed by atoms with Crippen molar-refractivity contribution in [2.75, 3.05) is 11.9 Å². The van der Waals surface area contributed by atoms with Crippen molar-refractivity contribution < 1.29 is 4.74 Å². The largest absolute Gasteiger partial charge is 0.456 e. The smallest absolute Gasteiger partial charge is 0.147 e. The summed E-state index contributed by atoms with van der Waals surface area (Å²) in [6.45, 7) is 3.00. The second-order valence-electron chi connectivity index (χ2n) is 4.04. The van der Waals surface area contributed by atoms with Crippen LogP contribution in [0.15, 0.2) is 36.7 Å². The van der Waals surface area contributed by atoms with E-state index in [1.807, 2.05) is 6.07 Å². The van der Waals surface area contributed by atoms with E-state index < -0.39 is 0 Å². The van der Waals surface area contributed by atoms with Crippen LogP contribution in [-0.4, -0.2) is 11.5 Å². The monoisotopic (exact) mass is 296 g/mol. The van der Waals surface area contributed by atoms with Crippen LogP contribution in [0.25, 0.3) is 0 Å². The molecule has 0 aliphatic carbocycles. The van der Waals surface area contributed by atoms with E-state index in [1.165, 1.54) is 0 Å². The molecule has 0 atom stereocenters. The molecule has 0 aliphatic rings. The molecule has 19 heavy (non-hydrogen) atoms. The van der Waals surface area contributed by atoms with Crippen LogP contribution in [0.1, 0.15) is 13.3 Å². The molecule has 1 aromatic heterocycles. The number of benzene rings is 1. The van der Waals surface area contributed by atoms with Crippen molar-refractivity contribution in [3.63, 3.8) is 0 Å². The van der Waals surface area contributed by atoms with Crippen LogP contribution in [0.2, 0.25) is 10.0 Å². The lowest BCUT2D eigenvalue weighted by molar-refractivity contribution is 0.480. The van der Waals surface area contributed by atoms with Crippen molar-refractivity contribution in [3.05, 3.63) is 46.7 Å². The molecular formula is C14H14Cl2N2O. The Balaban J connectivity index is 2.13. The lowest BCUT2D eigenvalue weighted by Crippen LogP contribution is -2.00. The number of nitrogens with one attached hydrogen (secondary N) is 1. The fraction of sp³-hybridized carbons (Fsp3) is 0.214. The summed E-state index contributed by atoms with van der Waals surface area (Å²) in [5.74, 6) is 1.23. The molecule has 0 radical (unpaired) electrons. The second kappa shape index (κ2) is 6.64. The minimum Gasteiger partial charge on any atom is -0.456 e. The number of rotatable bonds is 5. The average Bonchev–Trinajstić information content (AvgIpc) is 2.35. The number of hydrogen-bond acceptors (Lipinski definition) is 3. The van der Waals surface area contributed by atoms with Crippen LogP contribution in [0.3, 0.4) is 0 Å². The molecule has 0 saturated heterocycles. The topological polar surface area (TPSA) is 34.2 Å². The van der Waals surface area contributed by atoms with Gasteiger partial charge in [0.2, 0.25) is 0 Å². The van der Waals surface area contributed by atoms with Crippen LogP contribution < -0.4 is 10.1 Å². The molecule has 0 fully saturated rings. The van der Waals surface area contributed by atoms with Gasteiger partial charge in [0.15, 0.2) is 0 Å². The van der Waals surface area contributed by atoms with Gasteiger partial charge in [0, 0.05) is 22.7 Å². The Kier molecular flexibility index (Phi) is 4.88. The van der Waals surface area contributed by atoms with Gasteiger partial charge in [0.1, 0.15) is 11.5 Å². The van der Waals surface area contributed by atoms with Crippen molar-refractivity contribution in [1.82, 2.24) is 4.98 Å². The molecule has 5 heteroatoms. The zero-order chi connectivity index (χ0) is 13.7. The zero-order valence-corrected chi connectivity index (χ0v) is 12.0. The first-order chi connectivity index (χ1) is 9.17. The lowest BCUT2D eigenvalue weighted by Gasteiger charge is -2.09. The maximum absolute atomic E-state index is 5.92. The predicted molar refractivity (Wildman–Crippen MR) is 79.6 cm³/mol. The zero-order valence-electron chi connectivity index (χ0n) is 10.5. The third-order valence-corrected chi connectivity index (χ3v) is 2.80. The summed E-state index contributed by atoms with van der Waals surface area (Å²) in [5, 5.41) is 4.32. The third-order valence-electron chi connectivity index (χ3n) is 2.36. The Morgan fingerprint density at radius 2 is 1.79 bits per heavy atom. The standard InChI is InChI=1S/C14H14Cl2N2O/c1-2-3-18-12-7-14(9-17-8-12)19-13-5-10(15)4-11(16)6-13/h4-9,18H,2-3H2,1H3. The highest BCUT2D eigenvalue weighted by molar-refractivity contribution is 6.34. The number of pyridine rings is 1. The number of ether oxygens (including phenoxy) is 1. The Bertz CT molecular complexity index is 541. The van der Waals surface area contributed by atoms with Gasteiger partial charge in [-0.25, -0.2) is 0 Å². The minimum absolute atomic E-state index is 0.538. The molecule has 1 N–H and O–H groups in total. The molecule has 2 aromatic rings. The summed E-state index contributed by atoms with van der Waals surface area (Å²) < 4.78 is 5.69. The molecule has 0 unspecified atom stereocenters. The fourth-order valence-corrected chi connectivity index (χ4v) is 2.07. The molecule has 0 aliphatic heterocycles. The highest BCUT2D eigenvalue weighted by atomic mass is 35.5. The summed E-state index contributed by atoms with van der Waals surface area (Å²) in [5.41, 5.74) is 0.924. The molecule has 100 valence electrons. The van der Waals surface area contributed by atoms with E-state index in [4.69, 9.17) is 27.9 Å². The molecule has 1 aromatic carbocycles. The van der Waals surface area contributed by atoms with Crippen molar-refractivity contribution in [2.45, 2.75) is 13.3 Å². The van der Waals surface area contributed by atoms with Crippen LogP contribution >= 0.6 is 23.2 Å². The van der Waals surface area contributed by atoms with Crippen LogP contribution in [0, 0.1) is 0 Å². The molecule has 0 amide bonds. The first-order valence-corrected chi connectivity index (χ1v) is 6.76. The minimum atomic E-state index is 0.538. The van der Waals surface area contributed by atoms with E-state index in [0.29, 0.717) is 21.5 Å². The van der Waals surface area contributed by atoms with Crippen molar-refractivity contribution >= 4 is 28.9 Å². The maximum Gasteiger partial charge on any atom is 0.147 e. The van der Waals surface area contributed by atoms with Gasteiger partial charge in [0.25, 0.3) is 0 Å². The number of nitrogens with zero attached hydrogens (tertiary/aromatic N) is 1. The number of anilines is 1. The van der Waals surface area contributed by atoms with E-state index in [0.717, 1.165) is 18.7 Å². The third kappa shape index (κ3) is 4.30. The molecule has 1 heterocycles. The summed E-state index contributed by atoms with van der Waals surface area (Å²) in [6, 6.07) is 6.96. The van der Waals surface area contributed by atoms with Crippen molar-refractivity contribution in [1.29, 1.82) is 0 Å². The van der Waals surface area contributed by atoms with Crippen molar-refractivity contribution in [3.8, 4) is 11.5 Å². The molecule has 0 bridgehead atoms. The van der Waals surface area contributed by atoms with E-state index in [1.54, 1.807) is 30.6 Å². The molecule has 0 saturated carbocycles. The van der Waals surface area contributed by atoms with Gasteiger partial charge in [-0.2, -0.15) is 0 Å². The SMILES string of the molecule is CCCNc1cncc(Oc2cc(Cl)cc(Cl)c2)c1. The number of hydrogen-bond donors (Lipinski definition) is 1. The summed E-state index contributed by atoms with van der Waals surface area (Å²) >= 11 is 11.8. The van der Waals surface area contributed by atoms with Crippen LogP contribution in [0.4, 0.5) is 5.69 Å². The van der Waals surface area contributed by atoms with E-state index in [2.05, 4.69) is 17.2 Å². The Morgan fingerprint density at radius 3 is 2.47 bits per heavy atom. The van der Waals surface area contributed by atoms with E-state index in [-0.39, 0.29) is 0 Å². The second-order valence-corrected chi connectivity index (χ2v) is 4.92. The first-order valence-electron chi connectivity index (χ1n) is 6.00. The predicted octanol–water partition coefficient (Wildman–Crippen LogP) is 5.00. The Labute approximate surface area is 122 Å². The average molecular weight is 297 g/mol. The fourth-order valence-electron chi connectivity index (χ4n) is 1.56. The molecule has 3 nitrogen and oxygen atoms in total. The van der Waals surface area contributed by atoms with Crippen LogP contribution in [0.5, 0.6) is 11.5 Å². The van der Waals surface area contributed by atoms with Crippen LogP contribution in [-0.2, 0) is 0 Å². The summed E-state index contributed by atoms with van der Waals surface area (Å²) in [7, 11) is 0. The molecule has 2 rings (SSSR count). The summed E-state index contributed by atoms with van der Waals surface area (Å²) in [6.07, 6.45) is 4.45. The van der Waals surface area contributed by atoms with E-state index in [9.17, 15) is 0 Å². The van der Waals surface area contributed by atoms with Gasteiger partial charge in [-0.3, -0.25) is 4.98 Å². The van der Waals surface area contributed by atoms with Gasteiger partial charge in [-0.1, -0.05) is 30.1 Å². The normalized spacial score (nSPS) is 10.3. The van der Waals surface area contributed by atoms with E-state index >= 15 is 0 Å². The highest BCUT2D eigenvalue weighted by Crippen LogP contribution is 2.28. The highest BCUT2D eigenvalue weighted by Gasteiger charge is 2.02. The summed E-state index contributed by atoms with van der Waals surface area (Å²) in [4.78, 5) is 4.13. The van der Waals surface area contributed by atoms with Crippen molar-refractivity contribution in [2.24, 2.45) is 0 Å².